The first-order valence-corrected chi connectivity index (χ1v) is 4.38. The van der Waals surface area contributed by atoms with Gasteiger partial charge >= 0.3 is 18.1 Å². The number of alkyl halides is 3. The Morgan fingerprint density at radius 2 is 2.00 bits per heavy atom. The summed E-state index contributed by atoms with van der Waals surface area (Å²) < 4.78 is 35.3. The number of nitrogens with one attached hydrogen (secondary N) is 1. The summed E-state index contributed by atoms with van der Waals surface area (Å²) in [7, 11) is 0. The second kappa shape index (κ2) is 3.89. The Labute approximate surface area is 85.3 Å². The zero-order valence-corrected chi connectivity index (χ0v) is 7.78. The van der Waals surface area contributed by atoms with E-state index in [2.05, 4.69) is 0 Å². The number of carbonyl (C=O) groups excluding carboxylic acids is 1. The molecule has 0 aromatic carbocycles. The highest BCUT2D eigenvalue weighted by Crippen LogP contribution is 2.23. The van der Waals surface area contributed by atoms with Gasteiger partial charge in [0.05, 0.1) is 10.6 Å². The summed E-state index contributed by atoms with van der Waals surface area (Å²) in [6.07, 6.45) is -4.98. The van der Waals surface area contributed by atoms with Crippen LogP contribution >= 0.6 is 11.3 Å². The molecule has 1 amide bonds. The van der Waals surface area contributed by atoms with Gasteiger partial charge in [-0.25, -0.2) is 4.79 Å². The molecule has 0 atom stereocenters. The zero-order chi connectivity index (χ0) is 11.6. The lowest BCUT2D eigenvalue weighted by Crippen LogP contribution is -2.29. The van der Waals surface area contributed by atoms with Gasteiger partial charge in [-0.1, -0.05) is 0 Å². The van der Waals surface area contributed by atoms with E-state index in [9.17, 15) is 22.8 Å². The fraction of sp³-hybridized carbons (Fsp3) is 0.143. The highest BCUT2D eigenvalue weighted by molar-refractivity contribution is 7.14. The zero-order valence-electron chi connectivity index (χ0n) is 6.96. The average Bonchev–Trinajstić information content (AvgIpc) is 2.50. The van der Waals surface area contributed by atoms with Crippen molar-refractivity contribution in [1.82, 2.24) is 0 Å². The normalized spacial score (nSPS) is 11.1. The molecule has 0 aliphatic heterocycles. The molecular formula is C7H4F3NO3S. The molecule has 4 nitrogen and oxygen atoms in total. The fourth-order valence-electron chi connectivity index (χ4n) is 0.697. The van der Waals surface area contributed by atoms with E-state index in [1.807, 2.05) is 0 Å². The van der Waals surface area contributed by atoms with Crippen molar-refractivity contribution in [3.05, 3.63) is 17.0 Å². The standard InChI is InChI=1S/C7H4F3NO3S/c8-7(9,10)6(14)11-4-1-3(2-15-4)5(12)13/h1-2H,(H,11,14)(H,12,13). The number of halogens is 3. The molecule has 0 aliphatic rings. The minimum atomic E-state index is -4.98. The summed E-state index contributed by atoms with van der Waals surface area (Å²) in [5, 5.41) is 11.0. The SMILES string of the molecule is O=C(O)c1csc(NC(=O)C(F)(F)F)c1. The van der Waals surface area contributed by atoms with E-state index in [-0.39, 0.29) is 10.6 Å². The Morgan fingerprint density at radius 3 is 2.40 bits per heavy atom. The van der Waals surface area contributed by atoms with Gasteiger partial charge in [-0.05, 0) is 6.07 Å². The Morgan fingerprint density at radius 1 is 1.40 bits per heavy atom. The maximum Gasteiger partial charge on any atom is 0.471 e. The average molecular weight is 239 g/mol. The lowest BCUT2D eigenvalue weighted by Gasteiger charge is -2.04. The van der Waals surface area contributed by atoms with Crippen LogP contribution in [0.5, 0.6) is 0 Å². The van der Waals surface area contributed by atoms with Crippen LogP contribution in [-0.2, 0) is 4.79 Å². The lowest BCUT2D eigenvalue weighted by atomic mass is 10.3. The number of carbonyl (C=O) groups is 2. The van der Waals surface area contributed by atoms with Crippen molar-refractivity contribution in [2.24, 2.45) is 0 Å². The van der Waals surface area contributed by atoms with E-state index in [4.69, 9.17) is 5.11 Å². The maximum absolute atomic E-state index is 11.8. The van der Waals surface area contributed by atoms with Crippen molar-refractivity contribution < 1.29 is 27.9 Å². The Balaban J connectivity index is 2.74. The van der Waals surface area contributed by atoms with Crippen LogP contribution in [0.4, 0.5) is 18.2 Å². The monoisotopic (exact) mass is 239 g/mol. The smallest absolute Gasteiger partial charge is 0.471 e. The van der Waals surface area contributed by atoms with Crippen LogP contribution in [0.1, 0.15) is 10.4 Å². The summed E-state index contributed by atoms with van der Waals surface area (Å²) in [5.74, 6) is -3.39. The molecule has 0 spiro atoms. The highest BCUT2D eigenvalue weighted by atomic mass is 32.1. The van der Waals surface area contributed by atoms with Gasteiger partial charge in [-0.2, -0.15) is 13.2 Å². The number of carboxylic acid groups (broad SMARTS) is 1. The van der Waals surface area contributed by atoms with Crippen LogP contribution in [0.25, 0.3) is 0 Å². The number of thiophene rings is 1. The Bertz CT molecular complexity index is 398. The first-order chi connectivity index (χ1) is 6.80. The van der Waals surface area contributed by atoms with Crippen LogP contribution in [0, 0.1) is 0 Å². The van der Waals surface area contributed by atoms with Crippen molar-refractivity contribution in [3.63, 3.8) is 0 Å². The first-order valence-electron chi connectivity index (χ1n) is 3.50. The minimum Gasteiger partial charge on any atom is -0.478 e. The third kappa shape index (κ3) is 2.94. The molecule has 8 heteroatoms. The van der Waals surface area contributed by atoms with Gasteiger partial charge < -0.3 is 10.4 Å². The van der Waals surface area contributed by atoms with Gasteiger partial charge in [0.25, 0.3) is 0 Å². The number of aromatic carboxylic acids is 1. The van der Waals surface area contributed by atoms with Crippen LogP contribution in [-0.4, -0.2) is 23.2 Å². The van der Waals surface area contributed by atoms with Gasteiger partial charge in [0.2, 0.25) is 0 Å². The van der Waals surface area contributed by atoms with Crippen LogP contribution in [0.15, 0.2) is 11.4 Å². The summed E-state index contributed by atoms with van der Waals surface area (Å²) in [4.78, 5) is 20.8. The summed E-state index contributed by atoms with van der Waals surface area (Å²) in [6.45, 7) is 0. The molecule has 2 N–H and O–H groups in total. The van der Waals surface area contributed by atoms with E-state index in [0.29, 0.717) is 11.3 Å². The van der Waals surface area contributed by atoms with Gasteiger partial charge in [0.1, 0.15) is 0 Å². The Kier molecular flexibility index (Phi) is 2.98. The summed E-state index contributed by atoms with van der Waals surface area (Å²) >= 11 is 0.710. The van der Waals surface area contributed by atoms with Crippen LogP contribution in [0.3, 0.4) is 0 Å². The topological polar surface area (TPSA) is 66.4 Å². The molecule has 1 heterocycles. The second-order valence-corrected chi connectivity index (χ2v) is 3.37. The molecule has 1 aromatic heterocycles. The van der Waals surface area contributed by atoms with Crippen LogP contribution in [0.2, 0.25) is 0 Å². The van der Waals surface area contributed by atoms with Crippen molar-refractivity contribution >= 4 is 28.2 Å². The van der Waals surface area contributed by atoms with E-state index in [1.54, 1.807) is 5.32 Å². The molecule has 0 aliphatic carbocycles. The van der Waals surface area contributed by atoms with Gasteiger partial charge in [0, 0.05) is 5.38 Å². The molecule has 0 bridgehead atoms. The molecule has 0 unspecified atom stereocenters. The third-order valence-corrected chi connectivity index (χ3v) is 2.19. The van der Waals surface area contributed by atoms with E-state index in [0.717, 1.165) is 11.4 Å². The maximum atomic E-state index is 11.8. The number of anilines is 1. The molecule has 82 valence electrons. The number of hydrogen-bond acceptors (Lipinski definition) is 3. The molecule has 0 saturated carbocycles. The predicted molar refractivity (Wildman–Crippen MR) is 46.0 cm³/mol. The molecule has 0 saturated heterocycles. The fourth-order valence-corrected chi connectivity index (χ4v) is 1.47. The van der Waals surface area contributed by atoms with Crippen molar-refractivity contribution in [3.8, 4) is 0 Å². The minimum absolute atomic E-state index is 0.158. The van der Waals surface area contributed by atoms with E-state index in [1.165, 1.54) is 0 Å². The Hall–Kier alpha value is -1.57. The highest BCUT2D eigenvalue weighted by Gasteiger charge is 2.38. The third-order valence-electron chi connectivity index (χ3n) is 1.34. The largest absolute Gasteiger partial charge is 0.478 e. The number of rotatable bonds is 2. The molecule has 0 fully saturated rings. The molecule has 15 heavy (non-hydrogen) atoms. The number of amides is 1. The summed E-state index contributed by atoms with van der Waals surface area (Å²) in [6, 6.07) is 0.955. The molecule has 1 aromatic rings. The number of hydrogen-bond donors (Lipinski definition) is 2. The van der Waals surface area contributed by atoms with Crippen molar-refractivity contribution in [2.75, 3.05) is 5.32 Å². The van der Waals surface area contributed by atoms with Gasteiger partial charge in [0.15, 0.2) is 0 Å². The van der Waals surface area contributed by atoms with E-state index >= 15 is 0 Å². The number of carboxylic acids is 1. The van der Waals surface area contributed by atoms with Crippen molar-refractivity contribution in [1.29, 1.82) is 0 Å². The molecular weight excluding hydrogens is 235 g/mol. The van der Waals surface area contributed by atoms with E-state index < -0.39 is 18.1 Å². The van der Waals surface area contributed by atoms with Gasteiger partial charge in [-0.3, -0.25) is 4.79 Å². The molecule has 1 rings (SSSR count). The molecule has 0 radical (unpaired) electrons. The second-order valence-electron chi connectivity index (χ2n) is 2.46. The summed E-state index contributed by atoms with van der Waals surface area (Å²) in [5.41, 5.74) is -0.169. The quantitative estimate of drug-likeness (QED) is 0.828. The van der Waals surface area contributed by atoms with Gasteiger partial charge in [-0.15, -0.1) is 11.3 Å². The van der Waals surface area contributed by atoms with Crippen LogP contribution < -0.4 is 5.32 Å². The van der Waals surface area contributed by atoms with Crippen molar-refractivity contribution in [2.45, 2.75) is 6.18 Å². The lowest BCUT2D eigenvalue weighted by molar-refractivity contribution is -0.167. The predicted octanol–water partition coefficient (Wildman–Crippen LogP) is 1.95. The first kappa shape index (κ1) is 11.5.